The topological polar surface area (TPSA) is 122 Å². The van der Waals surface area contributed by atoms with Gasteiger partial charge in [-0.25, -0.2) is 4.79 Å². The molecule has 0 heterocycles. The first kappa shape index (κ1) is 29.4. The van der Waals surface area contributed by atoms with Crippen molar-refractivity contribution in [3.05, 3.63) is 34.9 Å². The number of nitrogens with one attached hydrogen (secondary N) is 2. The average molecular weight is 497 g/mol. The van der Waals surface area contributed by atoms with Crippen molar-refractivity contribution in [2.24, 2.45) is 5.41 Å². The van der Waals surface area contributed by atoms with Crippen LogP contribution in [0.4, 0.5) is 0 Å². The summed E-state index contributed by atoms with van der Waals surface area (Å²) in [5, 5.41) is 15.0. The van der Waals surface area contributed by atoms with Gasteiger partial charge in [0.25, 0.3) is 0 Å². The highest BCUT2D eigenvalue weighted by atomic mass is 35.5. The van der Waals surface area contributed by atoms with Crippen molar-refractivity contribution in [1.82, 2.24) is 10.6 Å². The van der Waals surface area contributed by atoms with Crippen molar-refractivity contribution in [1.29, 1.82) is 0 Å². The molecule has 3 N–H and O–H groups in total. The van der Waals surface area contributed by atoms with Gasteiger partial charge in [-0.05, 0) is 64.2 Å². The van der Waals surface area contributed by atoms with Crippen molar-refractivity contribution in [3.8, 4) is 0 Å². The minimum absolute atomic E-state index is 0.142. The van der Waals surface area contributed by atoms with Crippen molar-refractivity contribution in [3.63, 3.8) is 0 Å². The summed E-state index contributed by atoms with van der Waals surface area (Å²) in [4.78, 5) is 50.2. The summed E-state index contributed by atoms with van der Waals surface area (Å²) in [5.74, 6) is -2.82. The Balaban J connectivity index is 3.14. The minimum atomic E-state index is -1.17. The fourth-order valence-electron chi connectivity index (χ4n) is 3.13. The number of amides is 2. The standard InChI is InChI=1S/C25H37ClN2O6/c1-23(2,3)19(28-22(33)25(7,8)15-9-11-16(26)12-10-15)20(31)27-17(13-14-18(29)30)21(32)34-24(4,5)6/h9-12,17,19H,13-14H2,1-8H3,(H,27,31)(H,28,33)(H,29,30)/t17-,19-/m1/s1. The van der Waals surface area contributed by atoms with Crippen molar-refractivity contribution in [2.45, 2.75) is 91.3 Å². The van der Waals surface area contributed by atoms with E-state index in [-0.39, 0.29) is 18.7 Å². The molecule has 0 aliphatic rings. The molecule has 0 aromatic heterocycles. The van der Waals surface area contributed by atoms with E-state index in [2.05, 4.69) is 10.6 Å². The van der Waals surface area contributed by atoms with Crippen LogP contribution in [0.3, 0.4) is 0 Å². The average Bonchev–Trinajstić information content (AvgIpc) is 2.66. The number of hydrogen-bond acceptors (Lipinski definition) is 5. The molecule has 34 heavy (non-hydrogen) atoms. The Bertz CT molecular complexity index is 897. The number of carboxylic acid groups (broad SMARTS) is 1. The number of benzene rings is 1. The molecule has 1 aromatic carbocycles. The number of rotatable bonds is 9. The molecule has 2 atom stereocenters. The van der Waals surface area contributed by atoms with Crippen LogP contribution in [0.5, 0.6) is 0 Å². The molecule has 0 fully saturated rings. The number of hydrogen-bond donors (Lipinski definition) is 3. The van der Waals surface area contributed by atoms with Gasteiger partial charge in [-0.15, -0.1) is 0 Å². The van der Waals surface area contributed by atoms with Crippen LogP contribution in [0.2, 0.25) is 5.02 Å². The lowest BCUT2D eigenvalue weighted by Crippen LogP contribution is -2.59. The van der Waals surface area contributed by atoms with Gasteiger partial charge in [-0.2, -0.15) is 0 Å². The van der Waals surface area contributed by atoms with Crippen LogP contribution in [0, 0.1) is 5.41 Å². The molecule has 0 spiro atoms. The van der Waals surface area contributed by atoms with Gasteiger partial charge in [0.1, 0.15) is 17.7 Å². The fraction of sp³-hybridized carbons (Fsp3) is 0.600. The quantitative estimate of drug-likeness (QED) is 0.446. The third kappa shape index (κ3) is 8.97. The second kappa shape index (κ2) is 11.2. The summed E-state index contributed by atoms with van der Waals surface area (Å²) in [6.45, 7) is 13.9. The van der Waals surface area contributed by atoms with Crippen LogP contribution in [-0.4, -0.2) is 46.5 Å². The number of carbonyl (C=O) groups excluding carboxylic acids is 3. The Morgan fingerprint density at radius 1 is 0.941 bits per heavy atom. The molecule has 0 aliphatic heterocycles. The van der Waals surface area contributed by atoms with E-state index in [9.17, 15) is 19.2 Å². The van der Waals surface area contributed by atoms with Gasteiger partial charge in [0.2, 0.25) is 11.8 Å². The zero-order chi connectivity index (χ0) is 26.5. The van der Waals surface area contributed by atoms with Crippen molar-refractivity contribution < 1.29 is 29.0 Å². The smallest absolute Gasteiger partial charge is 0.329 e. The normalized spacial score (nSPS) is 14.0. The summed E-state index contributed by atoms with van der Waals surface area (Å²) >= 11 is 5.96. The van der Waals surface area contributed by atoms with Crippen molar-refractivity contribution >= 4 is 35.4 Å². The summed E-state index contributed by atoms with van der Waals surface area (Å²) in [6.07, 6.45) is -0.475. The maximum absolute atomic E-state index is 13.3. The Morgan fingerprint density at radius 3 is 1.91 bits per heavy atom. The van der Waals surface area contributed by atoms with Gasteiger partial charge in [-0.1, -0.05) is 44.5 Å². The van der Waals surface area contributed by atoms with E-state index in [4.69, 9.17) is 21.4 Å². The summed E-state index contributed by atoms with van der Waals surface area (Å²) in [5.41, 5.74) is -1.78. The number of halogens is 1. The van der Waals surface area contributed by atoms with E-state index in [0.29, 0.717) is 5.02 Å². The highest BCUT2D eigenvalue weighted by Gasteiger charge is 2.39. The number of ether oxygens (including phenoxy) is 1. The molecule has 8 nitrogen and oxygen atoms in total. The molecule has 1 aromatic rings. The van der Waals surface area contributed by atoms with Gasteiger partial charge < -0.3 is 20.5 Å². The van der Waals surface area contributed by atoms with E-state index < -0.39 is 46.4 Å². The van der Waals surface area contributed by atoms with Gasteiger partial charge in [0, 0.05) is 11.4 Å². The predicted octanol–water partition coefficient (Wildman–Crippen LogP) is 3.84. The molecule has 0 aliphatic carbocycles. The molecule has 2 amide bonds. The Labute approximate surface area is 206 Å². The molecule has 0 radical (unpaired) electrons. The van der Waals surface area contributed by atoms with Crippen LogP contribution >= 0.6 is 11.6 Å². The number of aliphatic carboxylic acids is 1. The molecule has 1 rings (SSSR count). The molecule has 9 heteroatoms. The van der Waals surface area contributed by atoms with E-state index in [0.717, 1.165) is 5.56 Å². The maximum Gasteiger partial charge on any atom is 0.329 e. The number of carboxylic acids is 1. The lowest BCUT2D eigenvalue weighted by atomic mass is 9.81. The molecule has 190 valence electrons. The van der Waals surface area contributed by atoms with Gasteiger partial charge >= 0.3 is 11.9 Å². The number of carbonyl (C=O) groups is 4. The monoisotopic (exact) mass is 496 g/mol. The third-order valence-corrected chi connectivity index (χ3v) is 5.44. The lowest BCUT2D eigenvalue weighted by molar-refractivity contribution is -0.159. The highest BCUT2D eigenvalue weighted by molar-refractivity contribution is 6.30. The number of esters is 1. The van der Waals surface area contributed by atoms with E-state index in [1.165, 1.54) is 0 Å². The van der Waals surface area contributed by atoms with Crippen LogP contribution in [0.25, 0.3) is 0 Å². The van der Waals surface area contributed by atoms with Crippen LogP contribution in [0.1, 0.15) is 73.8 Å². The van der Waals surface area contributed by atoms with Crippen molar-refractivity contribution in [2.75, 3.05) is 0 Å². The summed E-state index contributed by atoms with van der Waals surface area (Å²) in [7, 11) is 0. The third-order valence-electron chi connectivity index (χ3n) is 5.19. The Morgan fingerprint density at radius 2 is 1.47 bits per heavy atom. The van der Waals surface area contributed by atoms with Crippen LogP contribution in [0.15, 0.2) is 24.3 Å². The van der Waals surface area contributed by atoms with Gasteiger partial charge in [-0.3, -0.25) is 14.4 Å². The molecular weight excluding hydrogens is 460 g/mol. The maximum atomic E-state index is 13.3. The first-order valence-electron chi connectivity index (χ1n) is 11.2. The highest BCUT2D eigenvalue weighted by Crippen LogP contribution is 2.27. The predicted molar refractivity (Wildman–Crippen MR) is 131 cm³/mol. The summed E-state index contributed by atoms with van der Waals surface area (Å²) < 4.78 is 5.36. The van der Waals surface area contributed by atoms with Crippen LogP contribution < -0.4 is 10.6 Å². The zero-order valence-corrected chi connectivity index (χ0v) is 22.0. The van der Waals surface area contributed by atoms with E-state index >= 15 is 0 Å². The lowest BCUT2D eigenvalue weighted by Gasteiger charge is -2.35. The zero-order valence-electron chi connectivity index (χ0n) is 21.2. The van der Waals surface area contributed by atoms with Crippen LogP contribution in [-0.2, 0) is 29.3 Å². The van der Waals surface area contributed by atoms with E-state index in [1.54, 1.807) is 79.7 Å². The fourth-order valence-corrected chi connectivity index (χ4v) is 3.26. The summed E-state index contributed by atoms with van der Waals surface area (Å²) in [6, 6.07) is 4.70. The Kier molecular flexibility index (Phi) is 9.70. The minimum Gasteiger partial charge on any atom is -0.481 e. The van der Waals surface area contributed by atoms with Gasteiger partial charge in [0.05, 0.1) is 5.41 Å². The van der Waals surface area contributed by atoms with E-state index in [1.807, 2.05) is 0 Å². The molecule has 0 saturated carbocycles. The largest absolute Gasteiger partial charge is 0.481 e. The molecule has 0 bridgehead atoms. The second-order valence-electron chi connectivity index (χ2n) is 10.9. The van der Waals surface area contributed by atoms with Gasteiger partial charge in [0.15, 0.2) is 0 Å². The molecule has 0 unspecified atom stereocenters. The first-order valence-corrected chi connectivity index (χ1v) is 11.5. The Hall–Kier alpha value is -2.61. The SMILES string of the molecule is CC(C)(C)OC(=O)[C@@H](CCC(=O)O)NC(=O)[C@@H](NC(=O)C(C)(C)c1ccc(Cl)cc1)C(C)(C)C. The first-order chi connectivity index (χ1) is 15.3. The molecular formula is C25H37ClN2O6. The second-order valence-corrected chi connectivity index (χ2v) is 11.4. The molecule has 0 saturated heterocycles.